The first-order valence-corrected chi connectivity index (χ1v) is 7.31. The Hall–Kier alpha value is -2.95. The van der Waals surface area contributed by atoms with Gasteiger partial charge in [0, 0.05) is 24.8 Å². The molecule has 2 rings (SSSR count). The Labute approximate surface area is 134 Å². The van der Waals surface area contributed by atoms with Crippen molar-refractivity contribution >= 4 is 17.7 Å². The van der Waals surface area contributed by atoms with Crippen molar-refractivity contribution in [1.29, 1.82) is 0 Å². The fourth-order valence-corrected chi connectivity index (χ4v) is 2.09. The average Bonchev–Trinajstić information content (AvgIpc) is 2.59. The first-order valence-electron chi connectivity index (χ1n) is 7.31. The monoisotopic (exact) mass is 310 g/mol. The molecule has 1 N–H and O–H groups in total. The second kappa shape index (κ2) is 7.89. The first kappa shape index (κ1) is 16.4. The van der Waals surface area contributed by atoms with Crippen LogP contribution in [0.15, 0.2) is 60.7 Å². The van der Waals surface area contributed by atoms with E-state index in [1.165, 1.54) is 23.8 Å². The fourth-order valence-electron chi connectivity index (χ4n) is 2.09. The van der Waals surface area contributed by atoms with Gasteiger partial charge in [-0.25, -0.2) is 0 Å². The van der Waals surface area contributed by atoms with E-state index < -0.39 is 4.92 Å². The molecule has 1 amide bonds. The number of amides is 1. The zero-order valence-corrected chi connectivity index (χ0v) is 12.8. The quantitative estimate of drug-likeness (QED) is 0.504. The summed E-state index contributed by atoms with van der Waals surface area (Å²) >= 11 is 0. The lowest BCUT2D eigenvalue weighted by atomic mass is 10.0. The molecule has 0 spiro atoms. The SMILES string of the molecule is CC(CNC(=O)C=Cc1ccc([N+](=O)[O-])cc1)c1ccccc1. The highest BCUT2D eigenvalue weighted by Crippen LogP contribution is 2.14. The zero-order valence-electron chi connectivity index (χ0n) is 12.8. The number of benzene rings is 2. The van der Waals surface area contributed by atoms with E-state index in [0.29, 0.717) is 6.54 Å². The van der Waals surface area contributed by atoms with E-state index in [1.807, 2.05) is 30.3 Å². The molecule has 0 saturated carbocycles. The van der Waals surface area contributed by atoms with Gasteiger partial charge in [-0.05, 0) is 35.3 Å². The Morgan fingerprint density at radius 2 is 1.83 bits per heavy atom. The van der Waals surface area contributed by atoms with Gasteiger partial charge in [-0.2, -0.15) is 0 Å². The van der Waals surface area contributed by atoms with Gasteiger partial charge in [0.2, 0.25) is 5.91 Å². The van der Waals surface area contributed by atoms with Crippen molar-refractivity contribution in [2.45, 2.75) is 12.8 Å². The molecule has 5 heteroatoms. The molecule has 0 saturated heterocycles. The minimum absolute atomic E-state index is 0.0308. The van der Waals surface area contributed by atoms with Crippen LogP contribution in [0.2, 0.25) is 0 Å². The molecule has 1 unspecified atom stereocenters. The van der Waals surface area contributed by atoms with Crippen LogP contribution in [0.25, 0.3) is 6.08 Å². The predicted molar refractivity (Wildman–Crippen MR) is 90.0 cm³/mol. The van der Waals surface area contributed by atoms with E-state index in [1.54, 1.807) is 18.2 Å². The molecule has 2 aromatic carbocycles. The fraction of sp³-hybridized carbons (Fsp3) is 0.167. The van der Waals surface area contributed by atoms with E-state index >= 15 is 0 Å². The number of rotatable bonds is 6. The van der Waals surface area contributed by atoms with Gasteiger partial charge in [0.15, 0.2) is 0 Å². The van der Waals surface area contributed by atoms with Gasteiger partial charge in [0.1, 0.15) is 0 Å². The van der Waals surface area contributed by atoms with E-state index in [9.17, 15) is 14.9 Å². The number of nitrogens with zero attached hydrogens (tertiary/aromatic N) is 1. The molecule has 118 valence electrons. The largest absolute Gasteiger partial charge is 0.352 e. The smallest absolute Gasteiger partial charge is 0.269 e. The molecule has 0 heterocycles. The molecular formula is C18H18N2O3. The number of carbonyl (C=O) groups excluding carboxylic acids is 1. The second-order valence-corrected chi connectivity index (χ2v) is 5.24. The van der Waals surface area contributed by atoms with Gasteiger partial charge in [-0.3, -0.25) is 14.9 Å². The van der Waals surface area contributed by atoms with Gasteiger partial charge < -0.3 is 5.32 Å². The van der Waals surface area contributed by atoms with Gasteiger partial charge in [-0.1, -0.05) is 37.3 Å². The predicted octanol–water partition coefficient (Wildman–Crippen LogP) is 3.53. The third-order valence-electron chi connectivity index (χ3n) is 3.48. The lowest BCUT2D eigenvalue weighted by Crippen LogP contribution is -2.25. The summed E-state index contributed by atoms with van der Waals surface area (Å²) in [5.41, 5.74) is 1.94. The number of hydrogen-bond acceptors (Lipinski definition) is 3. The zero-order chi connectivity index (χ0) is 16.7. The molecule has 0 bridgehead atoms. The van der Waals surface area contributed by atoms with Crippen LogP contribution in [0.5, 0.6) is 0 Å². The van der Waals surface area contributed by atoms with E-state index in [2.05, 4.69) is 12.2 Å². The number of nitrogens with one attached hydrogen (secondary N) is 1. The van der Waals surface area contributed by atoms with E-state index in [-0.39, 0.29) is 17.5 Å². The van der Waals surface area contributed by atoms with Gasteiger partial charge >= 0.3 is 0 Å². The van der Waals surface area contributed by atoms with E-state index in [0.717, 1.165) is 5.56 Å². The Morgan fingerprint density at radius 3 is 2.43 bits per heavy atom. The normalized spacial score (nSPS) is 12.0. The highest BCUT2D eigenvalue weighted by atomic mass is 16.6. The van der Waals surface area contributed by atoms with Crippen LogP contribution in [0.3, 0.4) is 0 Å². The Kier molecular flexibility index (Phi) is 5.63. The summed E-state index contributed by atoms with van der Waals surface area (Å²) in [6.07, 6.45) is 3.06. The average molecular weight is 310 g/mol. The van der Waals surface area contributed by atoms with E-state index in [4.69, 9.17) is 0 Å². The third-order valence-corrected chi connectivity index (χ3v) is 3.48. The maximum absolute atomic E-state index is 11.8. The number of non-ortho nitro benzene ring substituents is 1. The van der Waals surface area contributed by atoms with Gasteiger partial charge in [0.05, 0.1) is 4.92 Å². The molecule has 0 aliphatic heterocycles. The Balaban J connectivity index is 1.85. The first-order chi connectivity index (χ1) is 11.1. The topological polar surface area (TPSA) is 72.2 Å². The second-order valence-electron chi connectivity index (χ2n) is 5.24. The number of carbonyl (C=O) groups is 1. The number of nitro groups is 1. The van der Waals surface area contributed by atoms with Crippen LogP contribution >= 0.6 is 0 Å². The van der Waals surface area contributed by atoms with Gasteiger partial charge in [0.25, 0.3) is 5.69 Å². The molecular weight excluding hydrogens is 292 g/mol. The molecule has 1 atom stereocenters. The molecule has 2 aromatic rings. The molecule has 5 nitrogen and oxygen atoms in total. The molecule has 0 radical (unpaired) electrons. The number of nitro benzene ring substituents is 1. The summed E-state index contributed by atoms with van der Waals surface area (Å²) in [5.74, 6) is 0.0408. The van der Waals surface area contributed by atoms with Crippen molar-refractivity contribution in [1.82, 2.24) is 5.32 Å². The minimum atomic E-state index is -0.453. The summed E-state index contributed by atoms with van der Waals surface area (Å²) in [7, 11) is 0. The third kappa shape index (κ3) is 5.07. The molecule has 0 fully saturated rings. The van der Waals surface area contributed by atoms with Crippen molar-refractivity contribution in [3.05, 3.63) is 81.9 Å². The highest BCUT2D eigenvalue weighted by molar-refractivity contribution is 5.91. The van der Waals surface area contributed by atoms with Crippen molar-refractivity contribution in [3.63, 3.8) is 0 Å². The maximum Gasteiger partial charge on any atom is 0.269 e. The standard InChI is InChI=1S/C18H18N2O3/c1-14(16-5-3-2-4-6-16)13-19-18(21)12-9-15-7-10-17(11-8-15)20(22)23/h2-12,14H,13H2,1H3,(H,19,21). The highest BCUT2D eigenvalue weighted by Gasteiger charge is 2.06. The summed E-state index contributed by atoms with van der Waals surface area (Å²) in [6.45, 7) is 2.60. The van der Waals surface area contributed by atoms with Crippen LogP contribution in [0, 0.1) is 10.1 Å². The summed E-state index contributed by atoms with van der Waals surface area (Å²) < 4.78 is 0. The van der Waals surface area contributed by atoms with Crippen LogP contribution in [0.4, 0.5) is 5.69 Å². The lowest BCUT2D eigenvalue weighted by Gasteiger charge is -2.11. The maximum atomic E-state index is 11.8. The van der Waals surface area contributed by atoms with Crippen molar-refractivity contribution in [3.8, 4) is 0 Å². The van der Waals surface area contributed by atoms with Crippen LogP contribution in [-0.4, -0.2) is 17.4 Å². The number of hydrogen-bond donors (Lipinski definition) is 1. The summed E-state index contributed by atoms with van der Waals surface area (Å²) in [4.78, 5) is 21.9. The summed E-state index contributed by atoms with van der Waals surface area (Å²) in [6, 6.07) is 16.0. The molecule has 0 aromatic heterocycles. The summed E-state index contributed by atoms with van der Waals surface area (Å²) in [5, 5.41) is 13.4. The van der Waals surface area contributed by atoms with Crippen molar-refractivity contribution in [2.75, 3.05) is 6.54 Å². The van der Waals surface area contributed by atoms with Crippen LogP contribution in [-0.2, 0) is 4.79 Å². The van der Waals surface area contributed by atoms with Gasteiger partial charge in [-0.15, -0.1) is 0 Å². The molecule has 23 heavy (non-hydrogen) atoms. The van der Waals surface area contributed by atoms with Crippen molar-refractivity contribution in [2.24, 2.45) is 0 Å². The van der Waals surface area contributed by atoms with Crippen LogP contribution in [0.1, 0.15) is 24.0 Å². The van der Waals surface area contributed by atoms with Crippen molar-refractivity contribution < 1.29 is 9.72 Å². The van der Waals surface area contributed by atoms with Crippen LogP contribution < -0.4 is 5.32 Å². The Bertz CT molecular complexity index is 694. The lowest BCUT2D eigenvalue weighted by molar-refractivity contribution is -0.384. The molecule has 0 aliphatic rings. The molecule has 0 aliphatic carbocycles. The Morgan fingerprint density at radius 1 is 1.17 bits per heavy atom. The minimum Gasteiger partial charge on any atom is -0.352 e.